The highest BCUT2D eigenvalue weighted by molar-refractivity contribution is 7.17. The highest BCUT2D eigenvalue weighted by Gasteiger charge is 2.38. The lowest BCUT2D eigenvalue weighted by molar-refractivity contribution is -0.146. The average Bonchev–Trinajstić information content (AvgIpc) is 2.99. The third-order valence-electron chi connectivity index (χ3n) is 5.45. The van der Waals surface area contributed by atoms with Crippen LogP contribution in [-0.2, 0) is 22.6 Å². The second-order valence-corrected chi connectivity index (χ2v) is 9.42. The summed E-state index contributed by atoms with van der Waals surface area (Å²) < 4.78 is 6.00. The van der Waals surface area contributed by atoms with Crippen LogP contribution in [0.15, 0.2) is 24.3 Å². The number of anilines is 1. The largest absolute Gasteiger partial charge is 0.478 e. The van der Waals surface area contributed by atoms with E-state index < -0.39 is 5.60 Å². The number of rotatable bonds is 3. The molecular formula is C22H25N3O4S. The number of nitrogens with zero attached hydrogens (tertiary/aromatic N) is 2. The number of carbonyl (C=O) groups is 3. The maximum absolute atomic E-state index is 13.2. The second-order valence-electron chi connectivity index (χ2n) is 8.32. The van der Waals surface area contributed by atoms with Crippen LogP contribution < -0.4 is 10.1 Å². The molecule has 1 aromatic heterocycles. The fraction of sp³-hybridized carbons (Fsp3) is 0.409. The monoisotopic (exact) mass is 427 g/mol. The Balaban J connectivity index is 1.55. The molecule has 4 rings (SSSR count). The van der Waals surface area contributed by atoms with Gasteiger partial charge in [0.25, 0.3) is 11.8 Å². The number of carbonyl (C=O) groups excluding carboxylic acids is 3. The van der Waals surface area contributed by atoms with Crippen molar-refractivity contribution < 1.29 is 19.1 Å². The van der Waals surface area contributed by atoms with Crippen LogP contribution in [0.1, 0.15) is 40.2 Å². The molecule has 2 aliphatic heterocycles. The van der Waals surface area contributed by atoms with E-state index in [1.807, 2.05) is 31.2 Å². The van der Waals surface area contributed by atoms with Crippen LogP contribution in [0.5, 0.6) is 5.75 Å². The number of hydrogen-bond donors (Lipinski definition) is 1. The van der Waals surface area contributed by atoms with Gasteiger partial charge in [-0.1, -0.05) is 17.7 Å². The first kappa shape index (κ1) is 20.4. The summed E-state index contributed by atoms with van der Waals surface area (Å²) in [5.74, 6) is 0.188. The van der Waals surface area contributed by atoms with Crippen LogP contribution in [0, 0.1) is 6.92 Å². The molecule has 1 aromatic carbocycles. The van der Waals surface area contributed by atoms with E-state index in [1.165, 1.54) is 16.2 Å². The Morgan fingerprint density at radius 2 is 1.87 bits per heavy atom. The predicted molar refractivity (Wildman–Crippen MR) is 115 cm³/mol. The summed E-state index contributed by atoms with van der Waals surface area (Å²) in [6.45, 7) is 6.49. The van der Waals surface area contributed by atoms with Crippen molar-refractivity contribution in [2.75, 3.05) is 25.5 Å². The van der Waals surface area contributed by atoms with Gasteiger partial charge in [0.15, 0.2) is 5.60 Å². The topological polar surface area (TPSA) is 79.0 Å². The molecule has 0 saturated heterocycles. The standard InChI is InChI=1S/C22H25N3O4S/c1-13-5-7-14(8-6-13)29-22(2,3)21(28)25-10-9-15-16(11-25)30-19-18(15)20(27)24(4)12-17(26)23-19/h5-8H,9-12H2,1-4H3,(H,23,26). The van der Waals surface area contributed by atoms with Gasteiger partial charge < -0.3 is 19.9 Å². The van der Waals surface area contributed by atoms with Gasteiger partial charge in [-0.05, 0) is 44.9 Å². The zero-order valence-corrected chi connectivity index (χ0v) is 18.4. The van der Waals surface area contributed by atoms with Gasteiger partial charge in [-0.15, -0.1) is 11.3 Å². The normalized spacial score (nSPS) is 16.5. The van der Waals surface area contributed by atoms with Crippen molar-refractivity contribution in [3.63, 3.8) is 0 Å². The summed E-state index contributed by atoms with van der Waals surface area (Å²) in [5, 5.41) is 3.43. The average molecular weight is 428 g/mol. The molecule has 2 aromatic rings. The number of fused-ring (bicyclic) bond motifs is 3. The summed E-state index contributed by atoms with van der Waals surface area (Å²) in [5.41, 5.74) is 1.62. The minimum Gasteiger partial charge on any atom is -0.478 e. The van der Waals surface area contributed by atoms with E-state index in [9.17, 15) is 14.4 Å². The van der Waals surface area contributed by atoms with Crippen molar-refractivity contribution in [1.29, 1.82) is 0 Å². The minimum atomic E-state index is -1.02. The van der Waals surface area contributed by atoms with Crippen molar-refractivity contribution in [1.82, 2.24) is 9.80 Å². The van der Waals surface area contributed by atoms with Crippen LogP contribution in [-0.4, -0.2) is 53.3 Å². The SMILES string of the molecule is Cc1ccc(OC(C)(C)C(=O)N2CCc3c(sc4c3C(=O)N(C)CC(=O)N4)C2)cc1. The van der Waals surface area contributed by atoms with E-state index in [2.05, 4.69) is 5.32 Å². The highest BCUT2D eigenvalue weighted by Crippen LogP contribution is 2.39. The van der Waals surface area contributed by atoms with Crippen LogP contribution in [0.4, 0.5) is 5.00 Å². The lowest BCUT2D eigenvalue weighted by atomic mass is 9.99. The molecule has 0 fully saturated rings. The molecule has 0 aliphatic carbocycles. The van der Waals surface area contributed by atoms with Crippen LogP contribution in [0.3, 0.4) is 0 Å². The third kappa shape index (κ3) is 3.67. The molecule has 0 atom stereocenters. The van der Waals surface area contributed by atoms with Gasteiger partial charge in [-0.25, -0.2) is 0 Å². The molecule has 3 heterocycles. The van der Waals surface area contributed by atoms with Gasteiger partial charge >= 0.3 is 0 Å². The van der Waals surface area contributed by atoms with Crippen molar-refractivity contribution in [2.45, 2.75) is 39.3 Å². The lowest BCUT2D eigenvalue weighted by Gasteiger charge is -2.34. The van der Waals surface area contributed by atoms with Gasteiger partial charge in [0.2, 0.25) is 5.91 Å². The van der Waals surface area contributed by atoms with Gasteiger partial charge in [0.1, 0.15) is 10.8 Å². The molecule has 8 heteroatoms. The molecule has 1 N–H and O–H groups in total. The maximum Gasteiger partial charge on any atom is 0.266 e. The van der Waals surface area contributed by atoms with Crippen molar-refractivity contribution in [2.24, 2.45) is 0 Å². The van der Waals surface area contributed by atoms with Crippen molar-refractivity contribution in [3.8, 4) is 5.75 Å². The summed E-state index contributed by atoms with van der Waals surface area (Å²) in [6.07, 6.45) is 0.572. The Labute approximate surface area is 179 Å². The number of amides is 3. The second kappa shape index (κ2) is 7.43. The minimum absolute atomic E-state index is 0.0458. The summed E-state index contributed by atoms with van der Waals surface area (Å²) in [4.78, 5) is 42.2. The molecule has 30 heavy (non-hydrogen) atoms. The van der Waals surface area contributed by atoms with Gasteiger partial charge in [-0.3, -0.25) is 14.4 Å². The van der Waals surface area contributed by atoms with E-state index >= 15 is 0 Å². The number of likely N-dealkylation sites (N-methyl/N-ethyl adjacent to an activating group) is 1. The Kier molecular flexibility index (Phi) is 5.05. The quantitative estimate of drug-likeness (QED) is 0.817. The van der Waals surface area contributed by atoms with Gasteiger partial charge in [-0.2, -0.15) is 0 Å². The maximum atomic E-state index is 13.2. The van der Waals surface area contributed by atoms with E-state index in [0.29, 0.717) is 35.8 Å². The molecule has 0 bridgehead atoms. The van der Waals surface area contributed by atoms with E-state index in [1.54, 1.807) is 25.8 Å². The molecule has 0 radical (unpaired) electrons. The molecule has 0 unspecified atom stereocenters. The Bertz CT molecular complexity index is 1030. The fourth-order valence-electron chi connectivity index (χ4n) is 3.86. The van der Waals surface area contributed by atoms with E-state index in [4.69, 9.17) is 4.74 Å². The third-order valence-corrected chi connectivity index (χ3v) is 6.58. The Morgan fingerprint density at radius 1 is 1.17 bits per heavy atom. The number of benzene rings is 1. The number of aryl methyl sites for hydroxylation is 1. The highest BCUT2D eigenvalue weighted by atomic mass is 32.1. The van der Waals surface area contributed by atoms with Crippen LogP contribution in [0.25, 0.3) is 0 Å². The predicted octanol–water partition coefficient (Wildman–Crippen LogP) is 2.82. The molecule has 0 spiro atoms. The van der Waals surface area contributed by atoms with Crippen molar-refractivity contribution in [3.05, 3.63) is 45.8 Å². The Hall–Kier alpha value is -2.87. The van der Waals surface area contributed by atoms with Gasteiger partial charge in [0, 0.05) is 18.5 Å². The number of thiophene rings is 1. The number of ether oxygens (including phenoxy) is 1. The zero-order chi connectivity index (χ0) is 21.6. The summed E-state index contributed by atoms with van der Waals surface area (Å²) in [6, 6.07) is 7.62. The molecule has 0 saturated carbocycles. The number of hydrogen-bond acceptors (Lipinski definition) is 5. The zero-order valence-electron chi connectivity index (χ0n) is 17.6. The van der Waals surface area contributed by atoms with Crippen molar-refractivity contribution >= 4 is 34.1 Å². The molecule has 7 nitrogen and oxygen atoms in total. The first-order valence-corrected chi connectivity index (χ1v) is 10.7. The molecule has 2 aliphatic rings. The Morgan fingerprint density at radius 3 is 2.57 bits per heavy atom. The number of nitrogens with one attached hydrogen (secondary N) is 1. The van der Waals surface area contributed by atoms with Gasteiger partial charge in [0.05, 0.1) is 18.7 Å². The smallest absolute Gasteiger partial charge is 0.266 e. The van der Waals surface area contributed by atoms with E-state index in [0.717, 1.165) is 16.0 Å². The molecule has 158 valence electrons. The van der Waals surface area contributed by atoms with E-state index in [-0.39, 0.29) is 24.3 Å². The fourth-order valence-corrected chi connectivity index (χ4v) is 5.13. The van der Waals surface area contributed by atoms with Crippen LogP contribution >= 0.6 is 11.3 Å². The first-order valence-electron chi connectivity index (χ1n) is 9.90. The lowest BCUT2D eigenvalue weighted by Crippen LogP contribution is -2.50. The van der Waals surface area contributed by atoms with Crippen LogP contribution in [0.2, 0.25) is 0 Å². The molecular weight excluding hydrogens is 402 g/mol. The first-order chi connectivity index (χ1) is 14.2. The summed E-state index contributed by atoms with van der Waals surface area (Å²) in [7, 11) is 1.63. The summed E-state index contributed by atoms with van der Waals surface area (Å²) >= 11 is 1.38. The molecule has 3 amide bonds.